The number of rotatable bonds is 10. The Balaban J connectivity index is 1.68. The highest BCUT2D eigenvalue weighted by molar-refractivity contribution is 5.89. The minimum Gasteiger partial charge on any atom is -0.490 e. The van der Waals surface area contributed by atoms with Gasteiger partial charge in [-0.05, 0) is 73.4 Å². The molecule has 37 heavy (non-hydrogen) atoms. The topological polar surface area (TPSA) is 61.8 Å². The first-order valence-corrected chi connectivity index (χ1v) is 11.6. The molecule has 3 aromatic carbocycles. The number of hydrogen-bond donors (Lipinski definition) is 0. The van der Waals surface area contributed by atoms with E-state index in [1.54, 1.807) is 50.2 Å². The van der Waals surface area contributed by atoms with Gasteiger partial charge in [-0.2, -0.15) is 0 Å². The van der Waals surface area contributed by atoms with Gasteiger partial charge in [0, 0.05) is 23.1 Å². The predicted molar refractivity (Wildman–Crippen MR) is 138 cm³/mol. The van der Waals surface area contributed by atoms with Crippen LogP contribution in [0.3, 0.4) is 0 Å². The van der Waals surface area contributed by atoms with Crippen LogP contribution in [0.15, 0.2) is 78.9 Å². The van der Waals surface area contributed by atoms with E-state index in [1.807, 2.05) is 6.92 Å². The van der Waals surface area contributed by atoms with E-state index < -0.39 is 23.6 Å². The lowest BCUT2D eigenvalue weighted by Crippen LogP contribution is -2.09. The van der Waals surface area contributed by atoms with Crippen LogP contribution in [0.2, 0.25) is 0 Å². The number of halogens is 2. The molecule has 7 heteroatoms. The highest BCUT2D eigenvalue weighted by Crippen LogP contribution is 2.33. The number of benzene rings is 3. The van der Waals surface area contributed by atoms with Gasteiger partial charge in [-0.1, -0.05) is 37.4 Å². The highest BCUT2D eigenvalue weighted by Gasteiger charge is 2.13. The average Bonchev–Trinajstić information content (AvgIpc) is 2.84. The first kappa shape index (κ1) is 27.3. The van der Waals surface area contributed by atoms with Gasteiger partial charge in [0.05, 0.1) is 13.2 Å². The molecule has 0 aliphatic rings. The van der Waals surface area contributed by atoms with Gasteiger partial charge in [0.25, 0.3) is 0 Å². The monoisotopic (exact) mass is 506 g/mol. The number of carbonyl (C=O) groups excluding carboxylic acids is 2. The Hall–Kier alpha value is -4.26. The Morgan fingerprint density at radius 1 is 0.784 bits per heavy atom. The SMILES string of the molecule is C=C(C)C(=O)OCCCOc1ccc(-c2ccc(-c3ccc(OC(=O)C(=C)C)cc3C)cc2F)cc1F. The van der Waals surface area contributed by atoms with Crippen LogP contribution in [-0.4, -0.2) is 25.2 Å². The second-order valence-corrected chi connectivity index (χ2v) is 8.60. The van der Waals surface area contributed by atoms with Crippen LogP contribution in [0, 0.1) is 18.6 Å². The first-order chi connectivity index (χ1) is 17.6. The van der Waals surface area contributed by atoms with Gasteiger partial charge in [-0.25, -0.2) is 18.4 Å². The molecule has 0 heterocycles. The maximum atomic E-state index is 15.1. The molecule has 5 nitrogen and oxygen atoms in total. The summed E-state index contributed by atoms with van der Waals surface area (Å²) in [6, 6.07) is 14.0. The third-order valence-corrected chi connectivity index (χ3v) is 5.41. The minimum atomic E-state index is -0.629. The molecular weight excluding hydrogens is 478 g/mol. The third kappa shape index (κ3) is 7.13. The van der Waals surface area contributed by atoms with Crippen molar-refractivity contribution in [3.05, 3.63) is 96.1 Å². The van der Waals surface area contributed by atoms with Crippen molar-refractivity contribution in [2.24, 2.45) is 0 Å². The van der Waals surface area contributed by atoms with Crippen LogP contribution in [0.25, 0.3) is 22.3 Å². The second-order valence-electron chi connectivity index (χ2n) is 8.60. The Labute approximate surface area is 215 Å². The van der Waals surface area contributed by atoms with Crippen molar-refractivity contribution >= 4 is 11.9 Å². The molecule has 0 saturated heterocycles. The number of ether oxygens (including phenoxy) is 3. The van der Waals surface area contributed by atoms with Crippen LogP contribution in [0.4, 0.5) is 8.78 Å². The molecule has 0 aliphatic heterocycles. The molecule has 0 saturated carbocycles. The molecule has 0 aromatic heterocycles. The molecule has 0 unspecified atom stereocenters. The zero-order valence-corrected chi connectivity index (χ0v) is 21.0. The molecule has 3 rings (SSSR count). The molecule has 0 fully saturated rings. The fourth-order valence-electron chi connectivity index (χ4n) is 3.45. The zero-order valence-electron chi connectivity index (χ0n) is 21.0. The maximum absolute atomic E-state index is 15.1. The van der Waals surface area contributed by atoms with Crippen molar-refractivity contribution in [1.82, 2.24) is 0 Å². The molecule has 0 atom stereocenters. The molecule has 0 N–H and O–H groups in total. The van der Waals surface area contributed by atoms with Crippen molar-refractivity contribution in [3.63, 3.8) is 0 Å². The molecule has 0 aliphatic carbocycles. The summed E-state index contributed by atoms with van der Waals surface area (Å²) in [5.74, 6) is -1.75. The first-order valence-electron chi connectivity index (χ1n) is 11.6. The van der Waals surface area contributed by atoms with Crippen LogP contribution in [0.5, 0.6) is 11.5 Å². The van der Waals surface area contributed by atoms with Gasteiger partial charge in [-0.15, -0.1) is 0 Å². The lowest BCUT2D eigenvalue weighted by atomic mass is 9.96. The van der Waals surface area contributed by atoms with Gasteiger partial charge in [-0.3, -0.25) is 0 Å². The van der Waals surface area contributed by atoms with E-state index in [0.29, 0.717) is 28.9 Å². The van der Waals surface area contributed by atoms with E-state index in [4.69, 9.17) is 14.2 Å². The van der Waals surface area contributed by atoms with Gasteiger partial charge < -0.3 is 14.2 Å². The number of hydrogen-bond acceptors (Lipinski definition) is 5. The van der Waals surface area contributed by atoms with Crippen LogP contribution >= 0.6 is 0 Å². The number of aryl methyl sites for hydroxylation is 1. The zero-order chi connectivity index (χ0) is 27.1. The Morgan fingerprint density at radius 3 is 2.03 bits per heavy atom. The lowest BCUT2D eigenvalue weighted by Gasteiger charge is -2.12. The summed E-state index contributed by atoms with van der Waals surface area (Å²) >= 11 is 0. The van der Waals surface area contributed by atoms with Gasteiger partial charge in [0.2, 0.25) is 0 Å². The molecule has 0 radical (unpaired) electrons. The summed E-state index contributed by atoms with van der Waals surface area (Å²) in [5.41, 5.74) is 3.39. The largest absolute Gasteiger partial charge is 0.490 e. The maximum Gasteiger partial charge on any atom is 0.338 e. The molecule has 0 spiro atoms. The Morgan fingerprint density at radius 2 is 1.41 bits per heavy atom. The molecule has 192 valence electrons. The normalized spacial score (nSPS) is 10.5. The lowest BCUT2D eigenvalue weighted by molar-refractivity contribution is -0.139. The Kier molecular flexibility index (Phi) is 8.95. The number of carbonyl (C=O) groups is 2. The number of esters is 2. The smallest absolute Gasteiger partial charge is 0.338 e. The summed E-state index contributed by atoms with van der Waals surface area (Å²) in [5, 5.41) is 0. The van der Waals surface area contributed by atoms with Crippen molar-refractivity contribution < 1.29 is 32.6 Å². The van der Waals surface area contributed by atoms with E-state index >= 15 is 4.39 Å². The van der Waals surface area contributed by atoms with Crippen LogP contribution in [0.1, 0.15) is 25.8 Å². The highest BCUT2D eigenvalue weighted by atomic mass is 19.1. The van der Waals surface area contributed by atoms with Crippen molar-refractivity contribution in [2.75, 3.05) is 13.2 Å². The van der Waals surface area contributed by atoms with Gasteiger partial charge in [0.1, 0.15) is 11.6 Å². The quantitative estimate of drug-likeness (QED) is 0.129. The molecule has 0 bridgehead atoms. The summed E-state index contributed by atoms with van der Waals surface area (Å²) in [6.07, 6.45) is 0.382. The van der Waals surface area contributed by atoms with E-state index in [2.05, 4.69) is 13.2 Å². The minimum absolute atomic E-state index is 0.0232. The van der Waals surface area contributed by atoms with Crippen molar-refractivity contribution in [2.45, 2.75) is 27.2 Å². The van der Waals surface area contributed by atoms with E-state index in [9.17, 15) is 14.0 Å². The average molecular weight is 507 g/mol. The van der Waals surface area contributed by atoms with Gasteiger partial charge >= 0.3 is 11.9 Å². The van der Waals surface area contributed by atoms with E-state index in [1.165, 1.54) is 18.2 Å². The van der Waals surface area contributed by atoms with Crippen molar-refractivity contribution in [3.8, 4) is 33.8 Å². The fourth-order valence-corrected chi connectivity index (χ4v) is 3.45. The van der Waals surface area contributed by atoms with Crippen LogP contribution < -0.4 is 9.47 Å². The molecular formula is C30H28F2O5. The predicted octanol–water partition coefficient (Wildman–Crippen LogP) is 6.98. The molecule has 3 aromatic rings. The van der Waals surface area contributed by atoms with E-state index in [0.717, 1.165) is 11.1 Å². The summed E-state index contributed by atoms with van der Waals surface area (Å²) < 4.78 is 45.3. The molecule has 0 amide bonds. The van der Waals surface area contributed by atoms with Crippen LogP contribution in [-0.2, 0) is 14.3 Å². The third-order valence-electron chi connectivity index (χ3n) is 5.41. The summed E-state index contributed by atoms with van der Waals surface area (Å²) in [7, 11) is 0. The van der Waals surface area contributed by atoms with Gasteiger partial charge in [0.15, 0.2) is 11.6 Å². The summed E-state index contributed by atoms with van der Waals surface area (Å²) in [6.45, 7) is 12.3. The summed E-state index contributed by atoms with van der Waals surface area (Å²) in [4.78, 5) is 23.1. The standard InChI is InChI=1S/C30H28F2O5/c1-18(2)29(33)36-14-6-13-35-28-12-8-22(17-27(28)32)25-10-7-21(16-26(25)31)24-11-9-23(15-20(24)5)37-30(34)19(3)4/h7-12,15-17H,1,3,6,13-14H2,2,4-5H3. The van der Waals surface area contributed by atoms with E-state index in [-0.39, 0.29) is 30.1 Å². The second kappa shape index (κ2) is 12.1. The fraction of sp³-hybridized carbons (Fsp3) is 0.200. The van der Waals surface area contributed by atoms with Crippen molar-refractivity contribution in [1.29, 1.82) is 0 Å². The Bertz CT molecular complexity index is 1360.